The molecule has 0 saturated heterocycles. The molecule has 0 aliphatic rings. The highest BCUT2D eigenvalue weighted by Crippen LogP contribution is 2.04. The molecule has 2 rings (SSSR count). The quantitative estimate of drug-likeness (QED) is 0.604. The summed E-state index contributed by atoms with van der Waals surface area (Å²) >= 11 is 0. The number of nitrogens with zero attached hydrogens (tertiary/aromatic N) is 4. The lowest BCUT2D eigenvalue weighted by Crippen LogP contribution is -2.04. The fraction of sp³-hybridized carbons (Fsp3) is 0.250. The predicted octanol–water partition coefficient (Wildman–Crippen LogP) is 0.219. The van der Waals surface area contributed by atoms with Crippen molar-refractivity contribution in [1.82, 2.24) is 19.8 Å². The molecule has 2 aromatic heterocycles. The van der Waals surface area contributed by atoms with E-state index in [1.807, 2.05) is 0 Å². The SMILES string of the molecule is COC(=O)c1cnn2c(C)nnc2c1. The first-order valence-electron chi connectivity index (χ1n) is 3.99. The lowest BCUT2D eigenvalue weighted by molar-refractivity contribution is 0.0600. The summed E-state index contributed by atoms with van der Waals surface area (Å²) in [6.45, 7) is 1.78. The zero-order valence-electron chi connectivity index (χ0n) is 7.76. The molecular formula is C8H8N4O2. The van der Waals surface area contributed by atoms with Crippen molar-refractivity contribution in [2.45, 2.75) is 6.92 Å². The summed E-state index contributed by atoms with van der Waals surface area (Å²) < 4.78 is 6.10. The van der Waals surface area contributed by atoms with Crippen LogP contribution in [-0.4, -0.2) is 32.9 Å². The van der Waals surface area contributed by atoms with Crippen LogP contribution in [0.2, 0.25) is 0 Å². The van der Waals surface area contributed by atoms with E-state index in [4.69, 9.17) is 0 Å². The summed E-state index contributed by atoms with van der Waals surface area (Å²) in [6.07, 6.45) is 1.43. The van der Waals surface area contributed by atoms with E-state index in [0.717, 1.165) is 0 Å². The summed E-state index contributed by atoms with van der Waals surface area (Å²) in [5.74, 6) is 0.247. The van der Waals surface area contributed by atoms with Crippen molar-refractivity contribution < 1.29 is 9.53 Å². The molecular weight excluding hydrogens is 184 g/mol. The number of rotatable bonds is 1. The van der Waals surface area contributed by atoms with Crippen LogP contribution in [-0.2, 0) is 4.74 Å². The zero-order valence-corrected chi connectivity index (χ0v) is 7.76. The number of ether oxygens (including phenoxy) is 1. The van der Waals surface area contributed by atoms with E-state index in [9.17, 15) is 4.79 Å². The molecule has 0 N–H and O–H groups in total. The summed E-state index contributed by atoms with van der Waals surface area (Å²) in [5, 5.41) is 11.7. The number of carbonyl (C=O) groups excluding carboxylic acids is 1. The van der Waals surface area contributed by atoms with E-state index in [1.54, 1.807) is 17.5 Å². The second kappa shape index (κ2) is 3.06. The number of esters is 1. The highest BCUT2D eigenvalue weighted by molar-refractivity contribution is 5.89. The van der Waals surface area contributed by atoms with E-state index < -0.39 is 5.97 Å². The highest BCUT2D eigenvalue weighted by Gasteiger charge is 2.09. The Morgan fingerprint density at radius 1 is 1.50 bits per heavy atom. The average Bonchev–Trinajstić information content (AvgIpc) is 2.59. The number of hydrogen-bond acceptors (Lipinski definition) is 5. The van der Waals surface area contributed by atoms with E-state index in [2.05, 4.69) is 20.0 Å². The molecule has 0 aliphatic heterocycles. The van der Waals surface area contributed by atoms with E-state index in [1.165, 1.54) is 13.3 Å². The Labute approximate surface area is 79.5 Å². The molecule has 72 valence electrons. The summed E-state index contributed by atoms with van der Waals surface area (Å²) in [6, 6.07) is 1.58. The lowest BCUT2D eigenvalue weighted by Gasteiger charge is -1.98. The molecule has 0 radical (unpaired) electrons. The molecule has 2 heterocycles. The van der Waals surface area contributed by atoms with Gasteiger partial charge in [-0.05, 0) is 6.92 Å². The molecule has 0 atom stereocenters. The summed E-state index contributed by atoms with van der Waals surface area (Å²) in [7, 11) is 1.32. The third-order valence-electron chi connectivity index (χ3n) is 1.84. The Hall–Kier alpha value is -1.98. The van der Waals surface area contributed by atoms with Gasteiger partial charge in [0, 0.05) is 6.07 Å². The Bertz CT molecular complexity index is 491. The second-order valence-corrected chi connectivity index (χ2v) is 2.75. The van der Waals surface area contributed by atoms with Gasteiger partial charge in [-0.15, -0.1) is 10.2 Å². The third kappa shape index (κ3) is 1.20. The minimum Gasteiger partial charge on any atom is -0.465 e. The molecule has 6 nitrogen and oxygen atoms in total. The Kier molecular flexibility index (Phi) is 1.88. The highest BCUT2D eigenvalue weighted by atomic mass is 16.5. The van der Waals surface area contributed by atoms with Gasteiger partial charge in [-0.1, -0.05) is 0 Å². The van der Waals surface area contributed by atoms with Gasteiger partial charge >= 0.3 is 5.97 Å². The van der Waals surface area contributed by atoms with E-state index in [-0.39, 0.29) is 0 Å². The van der Waals surface area contributed by atoms with Crippen LogP contribution in [0.1, 0.15) is 16.2 Å². The number of fused-ring (bicyclic) bond motifs is 1. The number of aromatic nitrogens is 4. The summed E-state index contributed by atoms with van der Waals surface area (Å²) in [4.78, 5) is 11.1. The zero-order chi connectivity index (χ0) is 10.1. The number of carbonyl (C=O) groups is 1. The minimum absolute atomic E-state index is 0.368. The molecule has 2 aromatic rings. The van der Waals surface area contributed by atoms with Gasteiger partial charge in [-0.2, -0.15) is 9.61 Å². The molecule has 0 spiro atoms. The molecule has 6 heteroatoms. The van der Waals surface area contributed by atoms with Gasteiger partial charge in [0.2, 0.25) is 0 Å². The van der Waals surface area contributed by atoms with Gasteiger partial charge < -0.3 is 4.74 Å². The molecule has 0 fully saturated rings. The van der Waals surface area contributed by atoms with Crippen LogP contribution >= 0.6 is 0 Å². The van der Waals surface area contributed by atoms with Crippen LogP contribution in [0.25, 0.3) is 5.65 Å². The van der Waals surface area contributed by atoms with Crippen LogP contribution in [0.5, 0.6) is 0 Å². The molecule has 0 bridgehead atoms. The van der Waals surface area contributed by atoms with E-state index >= 15 is 0 Å². The van der Waals surface area contributed by atoms with Crippen molar-refractivity contribution >= 4 is 11.6 Å². The van der Waals surface area contributed by atoms with Gasteiger partial charge in [-0.3, -0.25) is 0 Å². The van der Waals surface area contributed by atoms with Gasteiger partial charge in [-0.25, -0.2) is 4.79 Å². The second-order valence-electron chi connectivity index (χ2n) is 2.75. The Morgan fingerprint density at radius 3 is 3.00 bits per heavy atom. The van der Waals surface area contributed by atoms with Crippen LogP contribution in [0.15, 0.2) is 12.3 Å². The van der Waals surface area contributed by atoms with Crippen molar-refractivity contribution in [3.05, 3.63) is 23.7 Å². The Balaban J connectivity index is 2.57. The summed E-state index contributed by atoms with van der Waals surface area (Å²) in [5.41, 5.74) is 0.901. The average molecular weight is 192 g/mol. The van der Waals surface area contributed by atoms with Gasteiger partial charge in [0.15, 0.2) is 11.5 Å². The van der Waals surface area contributed by atoms with Crippen LogP contribution in [0, 0.1) is 6.92 Å². The first-order chi connectivity index (χ1) is 6.72. The maximum absolute atomic E-state index is 11.1. The molecule has 0 saturated carbocycles. The molecule has 0 unspecified atom stereocenters. The topological polar surface area (TPSA) is 69.4 Å². The standard InChI is InChI=1S/C8H8N4O2/c1-5-10-11-7-3-6(8(13)14-2)4-9-12(5)7/h3-4H,1-2H3. The monoisotopic (exact) mass is 192 g/mol. The largest absolute Gasteiger partial charge is 0.465 e. The van der Waals surface area contributed by atoms with Gasteiger partial charge in [0.1, 0.15) is 0 Å². The first-order valence-corrected chi connectivity index (χ1v) is 3.99. The van der Waals surface area contributed by atoms with Crippen molar-refractivity contribution in [1.29, 1.82) is 0 Å². The number of aryl methyl sites for hydroxylation is 1. The fourth-order valence-corrected chi connectivity index (χ4v) is 1.13. The minimum atomic E-state index is -0.430. The number of hydrogen-bond donors (Lipinski definition) is 0. The van der Waals surface area contributed by atoms with Crippen LogP contribution in [0.4, 0.5) is 0 Å². The Morgan fingerprint density at radius 2 is 2.29 bits per heavy atom. The van der Waals surface area contributed by atoms with Crippen molar-refractivity contribution in [3.8, 4) is 0 Å². The van der Waals surface area contributed by atoms with E-state index in [0.29, 0.717) is 17.0 Å². The lowest BCUT2D eigenvalue weighted by atomic mass is 10.3. The fourth-order valence-electron chi connectivity index (χ4n) is 1.13. The third-order valence-corrected chi connectivity index (χ3v) is 1.84. The van der Waals surface area contributed by atoms with Gasteiger partial charge in [0.25, 0.3) is 0 Å². The number of methoxy groups -OCH3 is 1. The molecule has 0 aliphatic carbocycles. The maximum atomic E-state index is 11.1. The molecule has 0 amide bonds. The normalized spacial score (nSPS) is 10.4. The molecule has 14 heavy (non-hydrogen) atoms. The van der Waals surface area contributed by atoms with Crippen LogP contribution in [0.3, 0.4) is 0 Å². The molecule has 0 aromatic carbocycles. The smallest absolute Gasteiger partial charge is 0.339 e. The van der Waals surface area contributed by atoms with Crippen LogP contribution < -0.4 is 0 Å². The first kappa shape index (κ1) is 8.61. The van der Waals surface area contributed by atoms with Crippen molar-refractivity contribution in [2.24, 2.45) is 0 Å². The van der Waals surface area contributed by atoms with Crippen molar-refractivity contribution in [2.75, 3.05) is 7.11 Å². The van der Waals surface area contributed by atoms with Crippen molar-refractivity contribution in [3.63, 3.8) is 0 Å². The maximum Gasteiger partial charge on any atom is 0.339 e. The predicted molar refractivity (Wildman–Crippen MR) is 46.9 cm³/mol. The van der Waals surface area contributed by atoms with Gasteiger partial charge in [0.05, 0.1) is 18.9 Å².